The van der Waals surface area contributed by atoms with E-state index in [2.05, 4.69) is 0 Å². The van der Waals surface area contributed by atoms with Crippen LogP contribution in [0.5, 0.6) is 0 Å². The zero-order valence-corrected chi connectivity index (χ0v) is 10.9. The Hall–Kier alpha value is -0.570. The average molecular weight is 242 g/mol. The third-order valence-corrected chi connectivity index (χ3v) is 3.16. The topological polar surface area (TPSA) is 46.2 Å². The Bertz CT molecular complexity index is 357. The lowest BCUT2D eigenvalue weighted by molar-refractivity contribution is 0.250. The first-order chi connectivity index (χ1) is 7.36. The molecule has 1 aromatic carbocycles. The van der Waals surface area contributed by atoms with Crippen molar-refractivity contribution >= 4 is 11.6 Å². The molecule has 0 saturated carbocycles. The van der Waals surface area contributed by atoms with E-state index in [1.54, 1.807) is 0 Å². The van der Waals surface area contributed by atoms with Gasteiger partial charge in [-0.15, -0.1) is 0 Å². The molecular weight excluding hydrogens is 222 g/mol. The summed E-state index contributed by atoms with van der Waals surface area (Å²) in [5.41, 5.74) is 8.12. The average Bonchev–Trinajstić information content (AvgIpc) is 2.13. The van der Waals surface area contributed by atoms with Gasteiger partial charge < -0.3 is 10.8 Å². The van der Waals surface area contributed by atoms with E-state index in [9.17, 15) is 0 Å². The molecule has 3 heteroatoms. The van der Waals surface area contributed by atoms with Gasteiger partial charge in [-0.05, 0) is 50.5 Å². The van der Waals surface area contributed by atoms with Crippen LogP contribution in [-0.2, 0) is 0 Å². The Labute approximate surface area is 102 Å². The van der Waals surface area contributed by atoms with Gasteiger partial charge >= 0.3 is 0 Å². The molecule has 0 aromatic heterocycles. The second-order valence-corrected chi connectivity index (χ2v) is 5.32. The van der Waals surface area contributed by atoms with Crippen molar-refractivity contribution in [1.29, 1.82) is 0 Å². The number of aryl methyl sites for hydroxylation is 1. The summed E-state index contributed by atoms with van der Waals surface area (Å²) in [5, 5.41) is 9.86. The molecule has 2 nitrogen and oxygen atoms in total. The smallest absolute Gasteiger partial charge is 0.0437 e. The Morgan fingerprint density at radius 3 is 2.50 bits per heavy atom. The number of hydrogen-bond acceptors (Lipinski definition) is 2. The predicted molar refractivity (Wildman–Crippen MR) is 68.9 cm³/mol. The monoisotopic (exact) mass is 241 g/mol. The standard InChI is InChI=1S/C13H20ClNO/c1-9-8-10(14)4-5-11(9)12(6-7-16)13(2,3)15/h4-5,8,12,16H,6-7,15H2,1-3H3. The maximum absolute atomic E-state index is 9.13. The predicted octanol–water partition coefficient (Wildman–Crippen LogP) is 2.85. The van der Waals surface area contributed by atoms with Gasteiger partial charge in [-0.1, -0.05) is 17.7 Å². The minimum atomic E-state index is -0.346. The molecular formula is C13H20ClNO. The Balaban J connectivity index is 3.11. The zero-order chi connectivity index (χ0) is 12.3. The van der Waals surface area contributed by atoms with Crippen LogP contribution in [0.4, 0.5) is 0 Å². The van der Waals surface area contributed by atoms with E-state index >= 15 is 0 Å². The fourth-order valence-electron chi connectivity index (χ4n) is 2.09. The van der Waals surface area contributed by atoms with Gasteiger partial charge in [-0.2, -0.15) is 0 Å². The van der Waals surface area contributed by atoms with E-state index in [1.165, 1.54) is 5.56 Å². The highest BCUT2D eigenvalue weighted by molar-refractivity contribution is 6.30. The normalized spacial score (nSPS) is 13.9. The molecule has 1 atom stereocenters. The Morgan fingerprint density at radius 1 is 1.44 bits per heavy atom. The molecule has 90 valence electrons. The molecule has 16 heavy (non-hydrogen) atoms. The highest BCUT2D eigenvalue weighted by Gasteiger charge is 2.27. The van der Waals surface area contributed by atoms with Gasteiger partial charge in [0.05, 0.1) is 0 Å². The van der Waals surface area contributed by atoms with Gasteiger partial charge in [0.25, 0.3) is 0 Å². The van der Waals surface area contributed by atoms with Crippen LogP contribution < -0.4 is 5.73 Å². The van der Waals surface area contributed by atoms with Gasteiger partial charge in [-0.25, -0.2) is 0 Å². The number of benzene rings is 1. The number of halogens is 1. The van der Waals surface area contributed by atoms with Crippen molar-refractivity contribution in [3.63, 3.8) is 0 Å². The first-order valence-corrected chi connectivity index (χ1v) is 5.90. The van der Waals surface area contributed by atoms with E-state index < -0.39 is 0 Å². The fraction of sp³-hybridized carbons (Fsp3) is 0.538. The number of aliphatic hydroxyl groups is 1. The van der Waals surface area contributed by atoms with Crippen molar-refractivity contribution in [2.24, 2.45) is 5.73 Å². The molecule has 3 N–H and O–H groups in total. The fourth-order valence-corrected chi connectivity index (χ4v) is 2.31. The molecule has 0 fully saturated rings. The summed E-state index contributed by atoms with van der Waals surface area (Å²) in [6.45, 7) is 6.15. The van der Waals surface area contributed by atoms with Crippen molar-refractivity contribution in [1.82, 2.24) is 0 Å². The number of hydrogen-bond donors (Lipinski definition) is 2. The molecule has 0 spiro atoms. The molecule has 0 amide bonds. The van der Waals surface area contributed by atoms with Crippen molar-refractivity contribution in [2.45, 2.75) is 38.6 Å². The van der Waals surface area contributed by atoms with Crippen molar-refractivity contribution in [2.75, 3.05) is 6.61 Å². The van der Waals surface area contributed by atoms with E-state index in [0.717, 1.165) is 10.6 Å². The number of rotatable bonds is 4. The van der Waals surface area contributed by atoms with Gasteiger partial charge in [0, 0.05) is 23.1 Å². The molecule has 0 aliphatic rings. The first kappa shape index (κ1) is 13.5. The summed E-state index contributed by atoms with van der Waals surface area (Å²) in [4.78, 5) is 0. The Morgan fingerprint density at radius 2 is 2.06 bits per heavy atom. The van der Waals surface area contributed by atoms with E-state index in [4.69, 9.17) is 22.4 Å². The SMILES string of the molecule is Cc1cc(Cl)ccc1C(CCO)C(C)(C)N. The third-order valence-electron chi connectivity index (χ3n) is 2.92. The summed E-state index contributed by atoms with van der Waals surface area (Å²) in [6.07, 6.45) is 0.673. The summed E-state index contributed by atoms with van der Waals surface area (Å²) in [5.74, 6) is 0.148. The van der Waals surface area contributed by atoms with Crippen LogP contribution in [0.3, 0.4) is 0 Å². The second kappa shape index (κ2) is 5.17. The Kier molecular flexibility index (Phi) is 4.36. The summed E-state index contributed by atoms with van der Waals surface area (Å²) < 4.78 is 0. The lowest BCUT2D eigenvalue weighted by Gasteiger charge is -2.31. The molecule has 1 unspecified atom stereocenters. The van der Waals surface area contributed by atoms with E-state index in [1.807, 2.05) is 39.0 Å². The van der Waals surface area contributed by atoms with Gasteiger partial charge in [0.15, 0.2) is 0 Å². The van der Waals surface area contributed by atoms with Crippen LogP contribution in [0.1, 0.15) is 37.3 Å². The molecule has 1 rings (SSSR count). The summed E-state index contributed by atoms with van der Waals surface area (Å²) in [7, 11) is 0. The van der Waals surface area contributed by atoms with E-state index in [0.29, 0.717) is 6.42 Å². The molecule has 0 radical (unpaired) electrons. The van der Waals surface area contributed by atoms with Crippen molar-refractivity contribution in [3.05, 3.63) is 34.3 Å². The first-order valence-electron chi connectivity index (χ1n) is 5.52. The van der Waals surface area contributed by atoms with Crippen LogP contribution >= 0.6 is 11.6 Å². The van der Waals surface area contributed by atoms with Crippen LogP contribution in [0.25, 0.3) is 0 Å². The minimum Gasteiger partial charge on any atom is -0.396 e. The minimum absolute atomic E-state index is 0.146. The lowest BCUT2D eigenvalue weighted by atomic mass is 9.79. The highest BCUT2D eigenvalue weighted by Crippen LogP contribution is 2.32. The number of aliphatic hydroxyl groups excluding tert-OH is 1. The molecule has 1 aromatic rings. The van der Waals surface area contributed by atoms with Crippen molar-refractivity contribution < 1.29 is 5.11 Å². The van der Waals surface area contributed by atoms with Crippen molar-refractivity contribution in [3.8, 4) is 0 Å². The van der Waals surface area contributed by atoms with Gasteiger partial charge in [0.1, 0.15) is 0 Å². The summed E-state index contributed by atoms with van der Waals surface area (Å²) >= 11 is 5.93. The third kappa shape index (κ3) is 3.21. The second-order valence-electron chi connectivity index (χ2n) is 4.89. The quantitative estimate of drug-likeness (QED) is 0.852. The number of nitrogens with two attached hydrogens (primary N) is 1. The zero-order valence-electron chi connectivity index (χ0n) is 10.1. The molecule has 0 aliphatic carbocycles. The van der Waals surface area contributed by atoms with Gasteiger partial charge in [0.2, 0.25) is 0 Å². The largest absolute Gasteiger partial charge is 0.396 e. The van der Waals surface area contributed by atoms with Crippen LogP contribution in [0, 0.1) is 6.92 Å². The molecule has 0 saturated heterocycles. The molecule has 0 heterocycles. The van der Waals surface area contributed by atoms with E-state index in [-0.39, 0.29) is 18.1 Å². The van der Waals surface area contributed by atoms with Crippen LogP contribution in [-0.4, -0.2) is 17.3 Å². The lowest BCUT2D eigenvalue weighted by Crippen LogP contribution is -2.40. The maximum atomic E-state index is 9.13. The molecule has 0 bridgehead atoms. The maximum Gasteiger partial charge on any atom is 0.0437 e. The molecule has 0 aliphatic heterocycles. The van der Waals surface area contributed by atoms with Crippen LogP contribution in [0.15, 0.2) is 18.2 Å². The summed E-state index contributed by atoms with van der Waals surface area (Å²) in [6, 6.07) is 5.82. The van der Waals surface area contributed by atoms with Crippen LogP contribution in [0.2, 0.25) is 5.02 Å². The van der Waals surface area contributed by atoms with Gasteiger partial charge in [-0.3, -0.25) is 0 Å². The highest BCUT2D eigenvalue weighted by atomic mass is 35.5.